The first kappa shape index (κ1) is 14.6. The summed E-state index contributed by atoms with van der Waals surface area (Å²) in [7, 11) is 0. The van der Waals surface area contributed by atoms with Crippen LogP contribution in [0.5, 0.6) is 0 Å². The highest BCUT2D eigenvalue weighted by atomic mass is 79.9. The van der Waals surface area contributed by atoms with E-state index in [0.717, 1.165) is 29.8 Å². The number of halogens is 1. The van der Waals surface area contributed by atoms with Gasteiger partial charge < -0.3 is 5.32 Å². The number of nitrogens with one attached hydrogen (secondary N) is 1. The van der Waals surface area contributed by atoms with Gasteiger partial charge in [0.15, 0.2) is 0 Å². The molecule has 0 radical (unpaired) electrons. The van der Waals surface area contributed by atoms with Crippen LogP contribution >= 0.6 is 15.9 Å². The Morgan fingerprint density at radius 3 is 2.53 bits per heavy atom. The van der Waals surface area contributed by atoms with Gasteiger partial charge in [-0.1, -0.05) is 53.7 Å². The van der Waals surface area contributed by atoms with Gasteiger partial charge in [-0.05, 0) is 36.5 Å². The van der Waals surface area contributed by atoms with E-state index in [1.54, 1.807) is 0 Å². The standard InChI is InChI=1S/C16H22BrNO/c17-12-14-7-9-15(10-8-14)16(19)18-11-3-6-13-4-1-2-5-13/h7-10,13H,1-6,11-12H2,(H,18,19). The maximum Gasteiger partial charge on any atom is 0.251 e. The molecule has 0 heterocycles. The average molecular weight is 324 g/mol. The lowest BCUT2D eigenvalue weighted by Crippen LogP contribution is -2.24. The zero-order chi connectivity index (χ0) is 13.5. The van der Waals surface area contributed by atoms with Crippen molar-refractivity contribution in [1.29, 1.82) is 0 Å². The highest BCUT2D eigenvalue weighted by Crippen LogP contribution is 2.28. The number of carbonyl (C=O) groups is 1. The Morgan fingerprint density at radius 1 is 1.21 bits per heavy atom. The number of rotatable bonds is 6. The molecule has 3 heteroatoms. The van der Waals surface area contributed by atoms with E-state index in [1.807, 2.05) is 24.3 Å². The molecule has 1 fully saturated rings. The first-order valence-electron chi connectivity index (χ1n) is 7.22. The van der Waals surface area contributed by atoms with Crippen molar-refractivity contribution in [3.8, 4) is 0 Å². The third-order valence-electron chi connectivity index (χ3n) is 3.92. The predicted octanol–water partition coefficient (Wildman–Crippen LogP) is 4.28. The Balaban J connectivity index is 1.68. The molecule has 2 nitrogen and oxygen atoms in total. The van der Waals surface area contributed by atoms with E-state index in [9.17, 15) is 4.79 Å². The Kier molecular flexibility index (Phi) is 5.90. The van der Waals surface area contributed by atoms with E-state index >= 15 is 0 Å². The van der Waals surface area contributed by atoms with Crippen LogP contribution in [0.25, 0.3) is 0 Å². The number of alkyl halides is 1. The van der Waals surface area contributed by atoms with Crippen molar-refractivity contribution in [3.05, 3.63) is 35.4 Å². The fraction of sp³-hybridized carbons (Fsp3) is 0.562. The minimum absolute atomic E-state index is 0.0487. The summed E-state index contributed by atoms with van der Waals surface area (Å²) in [5, 5.41) is 3.84. The lowest BCUT2D eigenvalue weighted by Gasteiger charge is -2.09. The van der Waals surface area contributed by atoms with Gasteiger partial charge in [0.05, 0.1) is 0 Å². The summed E-state index contributed by atoms with van der Waals surface area (Å²) in [6.45, 7) is 0.801. The molecule has 1 aromatic rings. The van der Waals surface area contributed by atoms with Crippen LogP contribution in [0.2, 0.25) is 0 Å². The molecule has 0 atom stereocenters. The van der Waals surface area contributed by atoms with Gasteiger partial charge in [0, 0.05) is 17.4 Å². The van der Waals surface area contributed by atoms with Crippen molar-refractivity contribution in [3.63, 3.8) is 0 Å². The normalized spacial score (nSPS) is 15.6. The number of amides is 1. The summed E-state index contributed by atoms with van der Waals surface area (Å²) >= 11 is 3.40. The topological polar surface area (TPSA) is 29.1 Å². The lowest BCUT2D eigenvalue weighted by molar-refractivity contribution is 0.0952. The lowest BCUT2D eigenvalue weighted by atomic mass is 10.0. The second kappa shape index (κ2) is 7.68. The quantitative estimate of drug-likeness (QED) is 0.614. The summed E-state index contributed by atoms with van der Waals surface area (Å²) in [6.07, 6.45) is 7.95. The van der Waals surface area contributed by atoms with Crippen LogP contribution in [0.1, 0.15) is 54.4 Å². The van der Waals surface area contributed by atoms with Crippen LogP contribution in [0.4, 0.5) is 0 Å². The molecule has 1 saturated carbocycles. The smallest absolute Gasteiger partial charge is 0.251 e. The van der Waals surface area contributed by atoms with Gasteiger partial charge >= 0.3 is 0 Å². The third-order valence-corrected chi connectivity index (χ3v) is 4.57. The summed E-state index contributed by atoms with van der Waals surface area (Å²) in [6, 6.07) is 7.76. The van der Waals surface area contributed by atoms with Gasteiger partial charge in [-0.3, -0.25) is 4.79 Å². The Morgan fingerprint density at radius 2 is 1.89 bits per heavy atom. The molecular weight excluding hydrogens is 302 g/mol. The van der Waals surface area contributed by atoms with Crippen LogP contribution in [-0.4, -0.2) is 12.5 Å². The maximum absolute atomic E-state index is 11.9. The molecule has 104 valence electrons. The fourth-order valence-electron chi connectivity index (χ4n) is 2.74. The number of benzene rings is 1. The second-order valence-electron chi connectivity index (χ2n) is 5.38. The molecular formula is C16H22BrNO. The van der Waals surface area contributed by atoms with Gasteiger partial charge in [-0.15, -0.1) is 0 Å². The average Bonchev–Trinajstić information content (AvgIpc) is 2.96. The minimum Gasteiger partial charge on any atom is -0.352 e. The molecule has 19 heavy (non-hydrogen) atoms. The summed E-state index contributed by atoms with van der Waals surface area (Å²) in [5.41, 5.74) is 1.95. The number of hydrogen-bond acceptors (Lipinski definition) is 1. The van der Waals surface area contributed by atoms with Crippen LogP contribution in [0.15, 0.2) is 24.3 Å². The zero-order valence-corrected chi connectivity index (χ0v) is 12.9. The zero-order valence-electron chi connectivity index (χ0n) is 11.3. The third kappa shape index (κ3) is 4.64. The first-order chi connectivity index (χ1) is 9.29. The highest BCUT2D eigenvalue weighted by molar-refractivity contribution is 9.08. The highest BCUT2D eigenvalue weighted by Gasteiger charge is 2.14. The molecule has 1 aliphatic rings. The molecule has 1 amide bonds. The summed E-state index contributed by atoms with van der Waals surface area (Å²) < 4.78 is 0. The Bertz CT molecular complexity index is 396. The predicted molar refractivity (Wildman–Crippen MR) is 82.6 cm³/mol. The molecule has 0 aromatic heterocycles. The summed E-state index contributed by atoms with van der Waals surface area (Å²) in [5.74, 6) is 0.961. The Labute approximate surface area is 124 Å². The van der Waals surface area contributed by atoms with Crippen LogP contribution in [-0.2, 0) is 5.33 Å². The monoisotopic (exact) mass is 323 g/mol. The molecule has 1 aliphatic carbocycles. The minimum atomic E-state index is 0.0487. The van der Waals surface area contributed by atoms with E-state index in [0.29, 0.717) is 0 Å². The molecule has 0 unspecified atom stereocenters. The van der Waals surface area contributed by atoms with Gasteiger partial charge in [-0.25, -0.2) is 0 Å². The largest absolute Gasteiger partial charge is 0.352 e. The van der Waals surface area contributed by atoms with Gasteiger partial charge in [0.25, 0.3) is 5.91 Å². The van der Waals surface area contributed by atoms with Crippen molar-refractivity contribution in [2.75, 3.05) is 6.54 Å². The van der Waals surface area contributed by atoms with Crippen molar-refractivity contribution in [2.45, 2.75) is 43.9 Å². The molecule has 2 rings (SSSR count). The van der Waals surface area contributed by atoms with Crippen LogP contribution < -0.4 is 5.32 Å². The molecule has 0 saturated heterocycles. The van der Waals surface area contributed by atoms with Gasteiger partial charge in [0.1, 0.15) is 0 Å². The Hall–Kier alpha value is -0.830. The second-order valence-corrected chi connectivity index (χ2v) is 5.94. The van der Waals surface area contributed by atoms with E-state index in [4.69, 9.17) is 0 Å². The van der Waals surface area contributed by atoms with Crippen molar-refractivity contribution < 1.29 is 4.79 Å². The van der Waals surface area contributed by atoms with E-state index in [1.165, 1.54) is 37.7 Å². The van der Waals surface area contributed by atoms with Crippen molar-refractivity contribution in [2.24, 2.45) is 5.92 Å². The van der Waals surface area contributed by atoms with E-state index in [-0.39, 0.29) is 5.91 Å². The van der Waals surface area contributed by atoms with Gasteiger partial charge in [0.2, 0.25) is 0 Å². The number of carbonyl (C=O) groups excluding carboxylic acids is 1. The summed E-state index contributed by atoms with van der Waals surface area (Å²) in [4.78, 5) is 11.9. The van der Waals surface area contributed by atoms with Gasteiger partial charge in [-0.2, -0.15) is 0 Å². The van der Waals surface area contributed by atoms with E-state index in [2.05, 4.69) is 21.2 Å². The molecule has 1 N–H and O–H groups in total. The van der Waals surface area contributed by atoms with Crippen molar-refractivity contribution in [1.82, 2.24) is 5.32 Å². The fourth-order valence-corrected chi connectivity index (χ4v) is 3.11. The first-order valence-corrected chi connectivity index (χ1v) is 8.35. The number of hydrogen-bond donors (Lipinski definition) is 1. The van der Waals surface area contributed by atoms with Crippen LogP contribution in [0, 0.1) is 5.92 Å². The SMILES string of the molecule is O=C(NCCCC1CCCC1)c1ccc(CBr)cc1. The molecule has 1 aromatic carbocycles. The van der Waals surface area contributed by atoms with Crippen molar-refractivity contribution >= 4 is 21.8 Å². The molecule has 0 aliphatic heterocycles. The van der Waals surface area contributed by atoms with E-state index < -0.39 is 0 Å². The molecule has 0 spiro atoms. The van der Waals surface area contributed by atoms with Crippen LogP contribution in [0.3, 0.4) is 0 Å². The maximum atomic E-state index is 11.9. The molecule has 0 bridgehead atoms.